The van der Waals surface area contributed by atoms with Crippen LogP contribution < -0.4 is 0 Å². The number of aliphatic hydroxyl groups is 1. The Kier molecular flexibility index (Phi) is 5.74. The van der Waals surface area contributed by atoms with Crippen molar-refractivity contribution < 1.29 is 26.9 Å². The van der Waals surface area contributed by atoms with Crippen molar-refractivity contribution in [1.29, 1.82) is 0 Å². The first-order valence-corrected chi connectivity index (χ1v) is 7.90. The molecule has 1 N–H and O–H groups in total. The molecule has 1 rings (SSSR count). The van der Waals surface area contributed by atoms with E-state index < -0.39 is 45.5 Å². The van der Waals surface area contributed by atoms with Gasteiger partial charge >= 0.3 is 6.18 Å². The third-order valence-electron chi connectivity index (χ3n) is 3.02. The second-order valence-corrected chi connectivity index (χ2v) is 8.23. The van der Waals surface area contributed by atoms with Gasteiger partial charge in [-0.15, -0.1) is 0 Å². The molecular weight excluding hydrogens is 334 g/mol. The van der Waals surface area contributed by atoms with Crippen LogP contribution in [0, 0.1) is 5.82 Å². The second kappa shape index (κ2) is 6.68. The van der Waals surface area contributed by atoms with Gasteiger partial charge in [-0.25, -0.2) is 8.60 Å². The lowest BCUT2D eigenvalue weighted by molar-refractivity contribution is -0.249. The predicted octanol–water partition coefficient (Wildman–Crippen LogP) is 3.78. The van der Waals surface area contributed by atoms with Crippen LogP contribution in [-0.2, 0) is 11.0 Å². The van der Waals surface area contributed by atoms with Gasteiger partial charge in [0.1, 0.15) is 16.8 Å². The number of rotatable bonds is 4. The van der Waals surface area contributed by atoms with E-state index >= 15 is 0 Å². The highest BCUT2D eigenvalue weighted by Crippen LogP contribution is 2.34. The molecule has 2 atom stereocenters. The number of halogens is 4. The summed E-state index contributed by atoms with van der Waals surface area (Å²) in [5, 5.41) is 9.66. The van der Waals surface area contributed by atoms with E-state index in [1.165, 1.54) is 18.2 Å². The average Bonchev–Trinajstić information content (AvgIpc) is 2.35. The quantitative estimate of drug-likeness (QED) is 0.661. The molecule has 23 heavy (non-hydrogen) atoms. The van der Waals surface area contributed by atoms with Crippen molar-refractivity contribution in [1.82, 2.24) is 0 Å². The summed E-state index contributed by atoms with van der Waals surface area (Å²) in [4.78, 5) is 0. The Balaban J connectivity index is 3.38. The van der Waals surface area contributed by atoms with Crippen LogP contribution in [0.4, 0.5) is 17.6 Å². The summed E-state index contributed by atoms with van der Waals surface area (Å²) >= 11 is 0. The standard InChI is InChI=1S/C15H19F4NO2S/c1-13(2,3)23(22)20-12(9-14(4,21)15(17,18)19)10-7-5-6-8-11(10)16/h5-8,21H,9H2,1-4H3/t14-,23-/m0/s1. The lowest BCUT2D eigenvalue weighted by Gasteiger charge is -2.27. The molecule has 0 heterocycles. The van der Waals surface area contributed by atoms with E-state index in [2.05, 4.69) is 4.40 Å². The summed E-state index contributed by atoms with van der Waals surface area (Å²) in [6.07, 6.45) is -5.93. The zero-order chi connectivity index (χ0) is 18.1. The highest BCUT2D eigenvalue weighted by atomic mass is 32.2. The zero-order valence-corrected chi connectivity index (χ0v) is 14.1. The van der Waals surface area contributed by atoms with Crippen molar-refractivity contribution in [2.75, 3.05) is 0 Å². The van der Waals surface area contributed by atoms with Gasteiger partial charge in [0.25, 0.3) is 0 Å². The molecule has 0 bridgehead atoms. The van der Waals surface area contributed by atoms with Gasteiger partial charge in [0, 0.05) is 12.0 Å². The lowest BCUT2D eigenvalue weighted by Crippen LogP contribution is -2.44. The molecule has 130 valence electrons. The van der Waals surface area contributed by atoms with E-state index in [0.717, 1.165) is 6.07 Å². The summed E-state index contributed by atoms with van der Waals surface area (Å²) < 4.78 is 67.7. The number of hydrogen-bond acceptors (Lipinski definition) is 2. The van der Waals surface area contributed by atoms with Crippen LogP contribution in [0.3, 0.4) is 0 Å². The van der Waals surface area contributed by atoms with Crippen molar-refractivity contribution in [3.05, 3.63) is 35.6 Å². The minimum atomic E-state index is -4.93. The Bertz CT molecular complexity index is 619. The summed E-state index contributed by atoms with van der Waals surface area (Å²) in [5.74, 6) is -0.796. The van der Waals surface area contributed by atoms with E-state index in [0.29, 0.717) is 6.92 Å². The molecule has 0 unspecified atom stereocenters. The van der Waals surface area contributed by atoms with Crippen LogP contribution in [0.2, 0.25) is 0 Å². The maximum Gasteiger partial charge on any atom is 0.417 e. The zero-order valence-electron chi connectivity index (χ0n) is 13.2. The molecule has 0 saturated heterocycles. The molecule has 1 aromatic carbocycles. The van der Waals surface area contributed by atoms with E-state index in [-0.39, 0.29) is 5.56 Å². The Morgan fingerprint density at radius 3 is 2.13 bits per heavy atom. The molecule has 0 aromatic heterocycles. The first kappa shape index (κ1) is 19.8. The van der Waals surface area contributed by atoms with Crippen LogP contribution in [0.5, 0.6) is 0 Å². The Labute approximate surface area is 135 Å². The van der Waals surface area contributed by atoms with Gasteiger partial charge in [-0.3, -0.25) is 0 Å². The van der Waals surface area contributed by atoms with Crippen molar-refractivity contribution in [3.63, 3.8) is 0 Å². The fourth-order valence-electron chi connectivity index (χ4n) is 1.54. The van der Waals surface area contributed by atoms with E-state index in [9.17, 15) is 26.9 Å². The first-order valence-electron chi connectivity index (χ1n) is 6.79. The fraction of sp³-hybridized carbons (Fsp3) is 0.533. The number of nitrogens with zero attached hydrogens (tertiary/aromatic N) is 1. The van der Waals surface area contributed by atoms with Gasteiger partial charge in [0.15, 0.2) is 5.60 Å². The largest absolute Gasteiger partial charge is 0.417 e. The lowest BCUT2D eigenvalue weighted by atomic mass is 9.94. The molecule has 0 spiro atoms. The van der Waals surface area contributed by atoms with Crippen molar-refractivity contribution in [3.8, 4) is 0 Å². The van der Waals surface area contributed by atoms with Crippen LogP contribution in [0.15, 0.2) is 28.7 Å². The average molecular weight is 353 g/mol. The third-order valence-corrected chi connectivity index (χ3v) is 4.46. The molecule has 8 heteroatoms. The smallest absolute Gasteiger partial charge is 0.380 e. The SMILES string of the molecule is CC(C)(C)[S@](=O)N=C(C[C@](C)(O)C(F)(F)F)c1ccccc1F. The van der Waals surface area contributed by atoms with E-state index in [1.54, 1.807) is 20.8 Å². The van der Waals surface area contributed by atoms with Crippen LogP contribution >= 0.6 is 0 Å². The topological polar surface area (TPSA) is 49.7 Å². The van der Waals surface area contributed by atoms with Gasteiger partial charge in [0.2, 0.25) is 0 Å². The Hall–Kier alpha value is -1.28. The molecule has 0 aliphatic carbocycles. The van der Waals surface area contributed by atoms with Crippen molar-refractivity contribution in [2.24, 2.45) is 4.40 Å². The molecule has 0 amide bonds. The molecule has 0 fully saturated rings. The van der Waals surface area contributed by atoms with Crippen LogP contribution in [-0.4, -0.2) is 31.6 Å². The minimum Gasteiger partial charge on any atom is -0.380 e. The summed E-state index contributed by atoms with van der Waals surface area (Å²) in [5.41, 5.74) is -3.72. The van der Waals surface area contributed by atoms with Crippen LogP contribution in [0.25, 0.3) is 0 Å². The molecule has 0 aliphatic heterocycles. The molecule has 0 saturated carbocycles. The number of hydrogen-bond donors (Lipinski definition) is 1. The van der Waals surface area contributed by atoms with Gasteiger partial charge in [-0.2, -0.15) is 17.6 Å². The minimum absolute atomic E-state index is 0.213. The third kappa shape index (κ3) is 5.10. The van der Waals surface area contributed by atoms with E-state index in [1.807, 2.05) is 0 Å². The monoisotopic (exact) mass is 353 g/mol. The Morgan fingerprint density at radius 1 is 1.17 bits per heavy atom. The second-order valence-electron chi connectivity index (χ2n) is 6.33. The maximum atomic E-state index is 13.9. The Morgan fingerprint density at radius 2 is 1.70 bits per heavy atom. The maximum absolute atomic E-state index is 13.9. The van der Waals surface area contributed by atoms with Crippen molar-refractivity contribution >= 4 is 16.7 Å². The van der Waals surface area contributed by atoms with Crippen molar-refractivity contribution in [2.45, 2.75) is 50.6 Å². The summed E-state index contributed by atoms with van der Waals surface area (Å²) in [6, 6.07) is 5.10. The highest BCUT2D eigenvalue weighted by Gasteiger charge is 2.50. The highest BCUT2D eigenvalue weighted by molar-refractivity contribution is 7.85. The molecular formula is C15H19F4NO2S. The molecule has 0 aliphatic rings. The molecule has 0 radical (unpaired) electrons. The van der Waals surface area contributed by atoms with Gasteiger partial charge in [-0.1, -0.05) is 18.2 Å². The van der Waals surface area contributed by atoms with Gasteiger partial charge in [-0.05, 0) is 33.8 Å². The predicted molar refractivity (Wildman–Crippen MR) is 82.1 cm³/mol. The number of alkyl halides is 3. The fourth-order valence-corrected chi connectivity index (χ4v) is 2.17. The first-order chi connectivity index (χ1) is 10.3. The summed E-state index contributed by atoms with van der Waals surface area (Å²) in [7, 11) is -1.89. The van der Waals surface area contributed by atoms with Gasteiger partial charge < -0.3 is 5.11 Å². The van der Waals surface area contributed by atoms with Crippen LogP contribution in [0.1, 0.15) is 39.7 Å². The summed E-state index contributed by atoms with van der Waals surface area (Å²) in [6.45, 7) is 5.35. The molecule has 1 aromatic rings. The molecule has 3 nitrogen and oxygen atoms in total. The number of benzene rings is 1. The van der Waals surface area contributed by atoms with E-state index in [4.69, 9.17) is 0 Å². The normalized spacial score (nSPS) is 17.7. The van der Waals surface area contributed by atoms with Gasteiger partial charge in [0.05, 0.1) is 10.5 Å².